The van der Waals surface area contributed by atoms with Crippen molar-refractivity contribution in [3.8, 4) is 0 Å². The Labute approximate surface area is 87.2 Å². The second-order valence-electron chi connectivity index (χ2n) is 2.73. The van der Waals surface area contributed by atoms with Crippen molar-refractivity contribution in [2.45, 2.75) is 40.2 Å². The summed E-state index contributed by atoms with van der Waals surface area (Å²) in [5.41, 5.74) is 0. The van der Waals surface area contributed by atoms with Crippen LogP contribution in [0.1, 0.15) is 34.1 Å². The lowest BCUT2D eigenvalue weighted by Crippen LogP contribution is -2.42. The fourth-order valence-electron chi connectivity index (χ4n) is 0.812. The molecule has 0 aliphatic rings. The van der Waals surface area contributed by atoms with Crippen molar-refractivity contribution in [3.63, 3.8) is 0 Å². The van der Waals surface area contributed by atoms with Crippen LogP contribution in [0, 0.1) is 0 Å². The molecule has 0 rings (SSSR count). The molecule has 0 aromatic rings. The summed E-state index contributed by atoms with van der Waals surface area (Å²) in [7, 11) is -2.64. The Bertz CT molecular complexity index is 129. The van der Waals surface area contributed by atoms with Gasteiger partial charge in [0, 0.05) is 19.3 Å². The van der Waals surface area contributed by atoms with Gasteiger partial charge in [0.1, 0.15) is 0 Å². The normalized spacial score (nSPS) is 14.5. The summed E-state index contributed by atoms with van der Waals surface area (Å²) in [6, 6.07) is 0. The summed E-state index contributed by atoms with van der Waals surface area (Å²) in [5.74, 6) is 0. The molecule has 0 amide bonds. The number of hydrogen-bond donors (Lipinski definition) is 1. The molecule has 0 saturated carbocycles. The highest BCUT2D eigenvalue weighted by atomic mass is 32.3. The first kappa shape index (κ1) is 13.4. The molecule has 0 fully saturated rings. The highest BCUT2D eigenvalue weighted by molar-refractivity contribution is 8.11. The van der Waals surface area contributed by atoms with Gasteiger partial charge in [0.2, 0.25) is 0 Å². The van der Waals surface area contributed by atoms with E-state index in [1.54, 1.807) is 0 Å². The lowest BCUT2D eigenvalue weighted by atomic mass is 10.3. The van der Waals surface area contributed by atoms with Gasteiger partial charge in [-0.2, -0.15) is 0 Å². The van der Waals surface area contributed by atoms with Crippen molar-refractivity contribution in [1.82, 2.24) is 0 Å². The van der Waals surface area contributed by atoms with Gasteiger partial charge in [0.25, 0.3) is 0 Å². The highest BCUT2D eigenvalue weighted by Crippen LogP contribution is 2.17. The van der Waals surface area contributed by atoms with Crippen LogP contribution < -0.4 is 0 Å². The van der Waals surface area contributed by atoms with Crippen LogP contribution in [0.2, 0.25) is 0 Å². The summed E-state index contributed by atoms with van der Waals surface area (Å²) in [4.78, 5) is 0. The SMILES string of the molecule is CCO[Si](S)(OCC)OC(C)CC. The van der Waals surface area contributed by atoms with Gasteiger partial charge < -0.3 is 13.3 Å². The minimum Gasteiger partial charge on any atom is -0.366 e. The molecule has 80 valence electrons. The average molecular weight is 224 g/mol. The van der Waals surface area contributed by atoms with Crippen molar-refractivity contribution in [2.75, 3.05) is 13.2 Å². The molecular formula is C8H20O3SSi. The van der Waals surface area contributed by atoms with Gasteiger partial charge in [-0.05, 0) is 27.2 Å². The van der Waals surface area contributed by atoms with Gasteiger partial charge in [0.15, 0.2) is 0 Å². The van der Waals surface area contributed by atoms with E-state index in [0.29, 0.717) is 13.2 Å². The fourth-order valence-corrected chi connectivity index (χ4v) is 3.75. The molecule has 0 saturated heterocycles. The molecule has 0 aliphatic heterocycles. The molecule has 0 aromatic carbocycles. The Morgan fingerprint density at radius 3 is 1.92 bits per heavy atom. The van der Waals surface area contributed by atoms with E-state index < -0.39 is 7.95 Å². The van der Waals surface area contributed by atoms with Crippen LogP contribution in [0.15, 0.2) is 0 Å². The third-order valence-corrected chi connectivity index (χ3v) is 4.68. The lowest BCUT2D eigenvalue weighted by molar-refractivity contribution is 0.0602. The summed E-state index contributed by atoms with van der Waals surface area (Å²) >= 11 is 4.34. The molecule has 0 aromatic heterocycles. The average Bonchev–Trinajstić information content (AvgIpc) is 2.04. The molecule has 0 radical (unpaired) electrons. The van der Waals surface area contributed by atoms with Crippen molar-refractivity contribution >= 4 is 20.0 Å². The first-order valence-corrected chi connectivity index (χ1v) is 7.77. The van der Waals surface area contributed by atoms with Crippen LogP contribution in [-0.2, 0) is 13.3 Å². The van der Waals surface area contributed by atoms with Gasteiger partial charge in [-0.1, -0.05) is 6.92 Å². The van der Waals surface area contributed by atoms with Gasteiger partial charge in [0.05, 0.1) is 0 Å². The number of hydrogen-bond acceptors (Lipinski definition) is 4. The van der Waals surface area contributed by atoms with Crippen molar-refractivity contribution < 1.29 is 13.3 Å². The second kappa shape index (κ2) is 6.84. The maximum Gasteiger partial charge on any atom is 0.570 e. The fraction of sp³-hybridized carbons (Fsp3) is 1.00. The molecule has 0 heterocycles. The lowest BCUT2D eigenvalue weighted by Gasteiger charge is -2.26. The summed E-state index contributed by atoms with van der Waals surface area (Å²) in [6.07, 6.45) is 1.08. The molecule has 1 unspecified atom stereocenters. The Kier molecular flexibility index (Phi) is 7.07. The van der Waals surface area contributed by atoms with Gasteiger partial charge in [-0.25, -0.2) is 0 Å². The molecule has 0 spiro atoms. The van der Waals surface area contributed by atoms with Crippen molar-refractivity contribution in [1.29, 1.82) is 0 Å². The van der Waals surface area contributed by atoms with E-state index in [-0.39, 0.29) is 6.10 Å². The molecule has 0 N–H and O–H groups in total. The maximum atomic E-state index is 5.63. The van der Waals surface area contributed by atoms with Crippen LogP contribution in [0.4, 0.5) is 0 Å². The van der Waals surface area contributed by atoms with Crippen LogP contribution in [0.25, 0.3) is 0 Å². The van der Waals surface area contributed by atoms with Crippen molar-refractivity contribution in [2.24, 2.45) is 0 Å². The van der Waals surface area contributed by atoms with Crippen molar-refractivity contribution in [3.05, 3.63) is 0 Å². The third-order valence-electron chi connectivity index (χ3n) is 1.58. The zero-order valence-electron chi connectivity index (χ0n) is 8.87. The highest BCUT2D eigenvalue weighted by Gasteiger charge is 2.38. The van der Waals surface area contributed by atoms with E-state index in [4.69, 9.17) is 13.3 Å². The monoisotopic (exact) mass is 224 g/mol. The quantitative estimate of drug-likeness (QED) is 0.531. The van der Waals surface area contributed by atoms with Crippen LogP contribution in [0.3, 0.4) is 0 Å². The maximum absolute atomic E-state index is 5.63. The van der Waals surface area contributed by atoms with E-state index >= 15 is 0 Å². The number of rotatable bonds is 7. The first-order chi connectivity index (χ1) is 6.08. The smallest absolute Gasteiger partial charge is 0.366 e. The topological polar surface area (TPSA) is 27.7 Å². The standard InChI is InChI=1S/C8H20O3SSi/c1-5-8(4)11-13(12,9-6-2)10-7-3/h8,12H,5-7H2,1-4H3. The minimum absolute atomic E-state index is 0.141. The van der Waals surface area contributed by atoms with Crippen LogP contribution in [0.5, 0.6) is 0 Å². The van der Waals surface area contributed by atoms with Gasteiger partial charge in [-0.3, -0.25) is 0 Å². The van der Waals surface area contributed by atoms with Gasteiger partial charge >= 0.3 is 7.95 Å². The van der Waals surface area contributed by atoms with E-state index in [0.717, 1.165) is 6.42 Å². The van der Waals surface area contributed by atoms with E-state index in [1.807, 2.05) is 20.8 Å². The summed E-state index contributed by atoms with van der Waals surface area (Å²) < 4.78 is 16.4. The van der Waals surface area contributed by atoms with E-state index in [2.05, 4.69) is 19.0 Å². The minimum atomic E-state index is -2.64. The molecule has 3 nitrogen and oxygen atoms in total. The van der Waals surface area contributed by atoms with E-state index in [9.17, 15) is 0 Å². The van der Waals surface area contributed by atoms with Gasteiger partial charge in [-0.15, -0.1) is 12.1 Å². The van der Waals surface area contributed by atoms with E-state index in [1.165, 1.54) is 0 Å². The van der Waals surface area contributed by atoms with Crippen LogP contribution >= 0.6 is 12.1 Å². The number of thiol groups is 1. The Hall–Kier alpha value is 0.447. The predicted molar refractivity (Wildman–Crippen MR) is 58.8 cm³/mol. The second-order valence-corrected chi connectivity index (χ2v) is 6.23. The molecule has 0 bridgehead atoms. The Morgan fingerprint density at radius 1 is 1.15 bits per heavy atom. The summed E-state index contributed by atoms with van der Waals surface area (Å²) in [5, 5.41) is 0. The summed E-state index contributed by atoms with van der Waals surface area (Å²) in [6.45, 7) is 9.04. The first-order valence-electron chi connectivity index (χ1n) is 4.76. The molecule has 1 atom stereocenters. The predicted octanol–water partition coefficient (Wildman–Crippen LogP) is 2.24. The zero-order chi connectivity index (χ0) is 10.3. The Balaban J connectivity index is 4.05. The molecule has 5 heteroatoms. The molecule has 0 aliphatic carbocycles. The zero-order valence-corrected chi connectivity index (χ0v) is 10.8. The Morgan fingerprint density at radius 2 is 1.62 bits per heavy atom. The third kappa shape index (κ3) is 5.69. The van der Waals surface area contributed by atoms with Crippen LogP contribution in [-0.4, -0.2) is 27.3 Å². The molecular weight excluding hydrogens is 204 g/mol. The molecule has 13 heavy (non-hydrogen) atoms. The largest absolute Gasteiger partial charge is 0.570 e.